The van der Waals surface area contributed by atoms with E-state index in [1.54, 1.807) is 13.4 Å². The van der Waals surface area contributed by atoms with E-state index in [4.69, 9.17) is 8.84 Å². The van der Waals surface area contributed by atoms with Gasteiger partial charge in [-0.05, 0) is 17.8 Å². The number of hydrogen-bond donors (Lipinski definition) is 0. The van der Waals surface area contributed by atoms with E-state index in [0.717, 1.165) is 10.9 Å². The third kappa shape index (κ3) is 0.972. The molecule has 2 aliphatic rings. The lowest BCUT2D eigenvalue weighted by Crippen LogP contribution is -2.06. The van der Waals surface area contributed by atoms with Crippen molar-refractivity contribution in [2.24, 2.45) is 0 Å². The summed E-state index contributed by atoms with van der Waals surface area (Å²) in [6.45, 7) is 0. The highest BCUT2D eigenvalue weighted by atomic mass is 28.3. The van der Waals surface area contributed by atoms with Crippen molar-refractivity contribution in [3.05, 3.63) is 30.1 Å². The van der Waals surface area contributed by atoms with Crippen molar-refractivity contribution in [3.63, 3.8) is 0 Å². The average molecular weight is 164 g/mol. The zero-order valence-electron chi connectivity index (χ0n) is 6.20. The van der Waals surface area contributed by atoms with Gasteiger partial charge in [-0.25, -0.2) is 0 Å². The molecule has 0 amide bonds. The molecule has 0 spiro atoms. The molecule has 0 saturated heterocycles. The Morgan fingerprint density at radius 1 is 1.45 bits per heavy atom. The minimum absolute atomic E-state index is 0.956. The molecule has 3 heteroatoms. The summed E-state index contributed by atoms with van der Waals surface area (Å²) in [6.07, 6.45) is 1.69. The van der Waals surface area contributed by atoms with E-state index in [-0.39, 0.29) is 0 Å². The predicted octanol–water partition coefficient (Wildman–Crippen LogP) is 1.47. The van der Waals surface area contributed by atoms with Crippen LogP contribution in [0.1, 0.15) is 0 Å². The lowest BCUT2D eigenvalue weighted by molar-refractivity contribution is 0.505. The molecule has 2 heterocycles. The largest absolute Gasteiger partial charge is 0.548 e. The van der Waals surface area contributed by atoms with Crippen LogP contribution in [0.15, 0.2) is 34.6 Å². The van der Waals surface area contributed by atoms with Crippen LogP contribution in [0.4, 0.5) is 0 Å². The molecule has 0 aromatic rings. The van der Waals surface area contributed by atoms with Crippen LogP contribution < -0.4 is 4.43 Å². The van der Waals surface area contributed by atoms with E-state index in [2.05, 4.69) is 11.7 Å². The summed E-state index contributed by atoms with van der Waals surface area (Å²) in [5, 5.41) is 1.00. The first-order chi connectivity index (χ1) is 5.42. The lowest BCUT2D eigenvalue weighted by atomic mass is 10.3. The number of hydrogen-bond acceptors (Lipinski definition) is 2. The Hall–Kier alpha value is -1.09. The number of fused-ring (bicyclic) bond motifs is 1. The molecule has 0 unspecified atom stereocenters. The van der Waals surface area contributed by atoms with Crippen molar-refractivity contribution < 1.29 is 8.84 Å². The summed E-state index contributed by atoms with van der Waals surface area (Å²) in [4.78, 5) is 0. The minimum atomic E-state index is -0.956. The smallest absolute Gasteiger partial charge is 0.309 e. The highest BCUT2D eigenvalue weighted by Crippen LogP contribution is 2.20. The van der Waals surface area contributed by atoms with Crippen LogP contribution in [0.2, 0.25) is 0 Å². The van der Waals surface area contributed by atoms with Crippen molar-refractivity contribution >= 4 is 8.64 Å². The summed E-state index contributed by atoms with van der Waals surface area (Å²) in [7, 11) is 0.763. The first-order valence-corrected chi connectivity index (χ1v) is 4.90. The fourth-order valence-corrected chi connectivity index (χ4v) is 2.57. The van der Waals surface area contributed by atoms with E-state index in [9.17, 15) is 0 Å². The quantitative estimate of drug-likeness (QED) is 0.595. The molecule has 0 fully saturated rings. The van der Waals surface area contributed by atoms with Gasteiger partial charge < -0.3 is 8.84 Å². The standard InChI is InChI=1S/C8H8O2Si/c1-9-11-6-4-7-3-2-5-10-8(7)11/h2-6H,1H3. The molecule has 2 aliphatic heterocycles. The zero-order chi connectivity index (χ0) is 7.68. The summed E-state index contributed by atoms with van der Waals surface area (Å²) >= 11 is 0. The predicted molar refractivity (Wildman–Crippen MR) is 43.8 cm³/mol. The van der Waals surface area contributed by atoms with Gasteiger partial charge in [0.15, 0.2) is 5.37 Å². The van der Waals surface area contributed by atoms with Gasteiger partial charge in [0.05, 0.1) is 13.4 Å². The Morgan fingerprint density at radius 3 is 3.18 bits per heavy atom. The van der Waals surface area contributed by atoms with E-state index >= 15 is 0 Å². The van der Waals surface area contributed by atoms with Crippen molar-refractivity contribution in [2.75, 3.05) is 7.11 Å². The fraction of sp³-hybridized carbons (Fsp3) is 0.125. The SMILES string of the molecule is CO[si]1ccc2cccoc1-2. The van der Waals surface area contributed by atoms with Crippen molar-refractivity contribution in [1.82, 2.24) is 0 Å². The molecule has 0 aromatic heterocycles. The summed E-state index contributed by atoms with van der Waals surface area (Å²) in [6, 6.07) is 5.98. The maximum absolute atomic E-state index is 5.33. The highest BCUT2D eigenvalue weighted by Gasteiger charge is 2.12. The molecule has 11 heavy (non-hydrogen) atoms. The molecule has 0 bridgehead atoms. The first kappa shape index (κ1) is 6.61. The summed E-state index contributed by atoms with van der Waals surface area (Å²) in [5.74, 6) is 0. The van der Waals surface area contributed by atoms with Crippen LogP contribution in [0.5, 0.6) is 0 Å². The highest BCUT2D eigenvalue weighted by molar-refractivity contribution is 6.53. The second-order valence-electron chi connectivity index (χ2n) is 2.30. The molecule has 0 atom stereocenters. The second kappa shape index (κ2) is 2.51. The Labute approximate surface area is 66.4 Å². The van der Waals surface area contributed by atoms with Gasteiger partial charge in [0.25, 0.3) is 0 Å². The minimum Gasteiger partial charge on any atom is -0.548 e. The van der Waals surface area contributed by atoms with Crippen molar-refractivity contribution in [2.45, 2.75) is 0 Å². The molecule has 2 rings (SSSR count). The molecular weight excluding hydrogens is 156 g/mol. The average Bonchev–Trinajstić information content (AvgIpc) is 2.47. The number of rotatable bonds is 1. The molecular formula is C8H8O2Si. The fourth-order valence-electron chi connectivity index (χ4n) is 1.13. The van der Waals surface area contributed by atoms with Crippen molar-refractivity contribution in [1.29, 1.82) is 0 Å². The monoisotopic (exact) mass is 164 g/mol. The van der Waals surface area contributed by atoms with Gasteiger partial charge in [0.1, 0.15) is 0 Å². The van der Waals surface area contributed by atoms with Crippen LogP contribution in [-0.4, -0.2) is 15.7 Å². The van der Waals surface area contributed by atoms with E-state index in [1.165, 1.54) is 0 Å². The van der Waals surface area contributed by atoms with Crippen LogP contribution in [0.3, 0.4) is 0 Å². The normalized spacial score (nSPS) is 10.3. The van der Waals surface area contributed by atoms with E-state index < -0.39 is 8.64 Å². The third-order valence-corrected chi connectivity index (χ3v) is 3.42. The van der Waals surface area contributed by atoms with Crippen LogP contribution in [0.25, 0.3) is 10.9 Å². The van der Waals surface area contributed by atoms with Crippen LogP contribution in [-0.2, 0) is 0 Å². The Balaban J connectivity index is 2.64. The van der Waals surface area contributed by atoms with Gasteiger partial charge >= 0.3 is 8.64 Å². The lowest BCUT2D eigenvalue weighted by Gasteiger charge is -1.98. The molecule has 2 nitrogen and oxygen atoms in total. The van der Waals surface area contributed by atoms with Crippen molar-refractivity contribution in [3.8, 4) is 10.9 Å². The molecule has 0 saturated carbocycles. The van der Waals surface area contributed by atoms with Crippen LogP contribution in [0, 0.1) is 0 Å². The Bertz CT molecular complexity index is 329. The topological polar surface area (TPSA) is 22.4 Å². The molecule has 0 N–H and O–H groups in total. The van der Waals surface area contributed by atoms with E-state index in [0.29, 0.717) is 0 Å². The summed E-state index contributed by atoms with van der Waals surface area (Å²) in [5.41, 5.74) is 3.24. The van der Waals surface area contributed by atoms with Gasteiger partial charge in [0.2, 0.25) is 0 Å². The van der Waals surface area contributed by atoms with Crippen LogP contribution >= 0.6 is 0 Å². The Kier molecular flexibility index (Phi) is 1.51. The maximum Gasteiger partial charge on any atom is 0.309 e. The van der Waals surface area contributed by atoms with E-state index in [1.807, 2.05) is 12.1 Å². The molecule has 56 valence electrons. The van der Waals surface area contributed by atoms with Gasteiger partial charge in [-0.1, -0.05) is 6.07 Å². The van der Waals surface area contributed by atoms with Gasteiger partial charge in [-0.2, -0.15) is 0 Å². The second-order valence-corrected chi connectivity index (χ2v) is 4.22. The maximum atomic E-state index is 5.33. The molecule has 0 aromatic carbocycles. The van der Waals surface area contributed by atoms with Gasteiger partial charge in [-0.15, -0.1) is 0 Å². The Morgan fingerprint density at radius 2 is 2.36 bits per heavy atom. The first-order valence-electron chi connectivity index (χ1n) is 3.42. The van der Waals surface area contributed by atoms with Gasteiger partial charge in [0, 0.05) is 5.56 Å². The zero-order valence-corrected chi connectivity index (χ0v) is 7.20. The third-order valence-electron chi connectivity index (χ3n) is 1.66. The molecule has 0 radical (unpaired) electrons. The molecule has 0 aliphatic carbocycles. The summed E-state index contributed by atoms with van der Waals surface area (Å²) < 4.78 is 10.6. The van der Waals surface area contributed by atoms with Gasteiger partial charge in [-0.3, -0.25) is 0 Å².